The highest BCUT2D eigenvalue weighted by Gasteiger charge is 2.15. The van der Waals surface area contributed by atoms with E-state index in [0.29, 0.717) is 0 Å². The fraction of sp³-hybridized carbons (Fsp3) is 0.385. The number of rotatable bonds is 4. The molecule has 0 spiro atoms. The molecular formula is C13H18N2OS. The number of nitrogens with one attached hydrogen (secondary N) is 1. The predicted molar refractivity (Wildman–Crippen MR) is 75.1 cm³/mol. The Bertz CT molecular complexity index is 443. The van der Waals surface area contributed by atoms with Crippen LogP contribution in [0.25, 0.3) is 0 Å². The minimum absolute atomic E-state index is 0.166. The van der Waals surface area contributed by atoms with Crippen molar-refractivity contribution in [3.63, 3.8) is 0 Å². The number of carbonyl (C=O) groups excluding carboxylic acids is 1. The van der Waals surface area contributed by atoms with E-state index in [1.165, 1.54) is 11.1 Å². The molecular weight excluding hydrogens is 232 g/mol. The van der Waals surface area contributed by atoms with Gasteiger partial charge in [-0.25, -0.2) is 0 Å². The Labute approximate surface area is 107 Å². The summed E-state index contributed by atoms with van der Waals surface area (Å²) in [6.07, 6.45) is 0.989. The van der Waals surface area contributed by atoms with Gasteiger partial charge in [-0.15, -0.1) is 0 Å². The fourth-order valence-electron chi connectivity index (χ4n) is 1.55. The van der Waals surface area contributed by atoms with Crippen molar-refractivity contribution in [1.82, 2.24) is 0 Å². The number of thiocarbonyl (C=S) groups is 1. The summed E-state index contributed by atoms with van der Waals surface area (Å²) in [5, 5.41) is 2.81. The molecule has 0 bridgehead atoms. The Morgan fingerprint density at radius 3 is 2.65 bits per heavy atom. The van der Waals surface area contributed by atoms with Crippen molar-refractivity contribution < 1.29 is 4.79 Å². The molecule has 4 heteroatoms. The van der Waals surface area contributed by atoms with Crippen LogP contribution >= 0.6 is 12.2 Å². The van der Waals surface area contributed by atoms with Gasteiger partial charge >= 0.3 is 0 Å². The smallest absolute Gasteiger partial charge is 0.234 e. The van der Waals surface area contributed by atoms with Crippen LogP contribution in [0.3, 0.4) is 0 Å². The summed E-state index contributed by atoms with van der Waals surface area (Å²) in [6, 6.07) is 5.88. The van der Waals surface area contributed by atoms with Gasteiger partial charge in [-0.3, -0.25) is 4.79 Å². The van der Waals surface area contributed by atoms with Crippen LogP contribution < -0.4 is 11.1 Å². The second kappa shape index (κ2) is 5.77. The Morgan fingerprint density at radius 2 is 2.18 bits per heavy atom. The molecule has 1 amide bonds. The van der Waals surface area contributed by atoms with Crippen LogP contribution in [-0.2, 0) is 11.2 Å². The zero-order valence-corrected chi connectivity index (χ0v) is 11.2. The van der Waals surface area contributed by atoms with E-state index >= 15 is 0 Å². The molecule has 1 atom stereocenters. The third-order valence-electron chi connectivity index (χ3n) is 2.81. The molecule has 1 aromatic carbocycles. The first kappa shape index (κ1) is 13.6. The topological polar surface area (TPSA) is 55.1 Å². The van der Waals surface area contributed by atoms with Gasteiger partial charge in [0, 0.05) is 5.69 Å². The normalized spacial score (nSPS) is 11.9. The number of amides is 1. The van der Waals surface area contributed by atoms with Gasteiger partial charge < -0.3 is 11.1 Å². The molecule has 0 aliphatic heterocycles. The summed E-state index contributed by atoms with van der Waals surface area (Å²) in [4.78, 5) is 12.0. The first-order valence-corrected chi connectivity index (χ1v) is 6.06. The third-order valence-corrected chi connectivity index (χ3v) is 3.16. The predicted octanol–water partition coefficient (Wildman–Crippen LogP) is 2.42. The highest BCUT2D eigenvalue weighted by molar-refractivity contribution is 7.80. The summed E-state index contributed by atoms with van der Waals surface area (Å²) in [5.41, 5.74) is 8.68. The van der Waals surface area contributed by atoms with E-state index in [1.54, 1.807) is 6.92 Å². The maximum Gasteiger partial charge on any atom is 0.234 e. The Kier molecular flexibility index (Phi) is 4.63. The van der Waals surface area contributed by atoms with Gasteiger partial charge in [0.15, 0.2) is 0 Å². The molecule has 0 aliphatic carbocycles. The molecule has 0 aliphatic rings. The Morgan fingerprint density at radius 1 is 1.53 bits per heavy atom. The van der Waals surface area contributed by atoms with Crippen LogP contribution in [0.2, 0.25) is 0 Å². The van der Waals surface area contributed by atoms with Crippen LogP contribution in [0.4, 0.5) is 5.69 Å². The lowest BCUT2D eigenvalue weighted by Gasteiger charge is -2.12. The van der Waals surface area contributed by atoms with Crippen molar-refractivity contribution >= 4 is 28.8 Å². The summed E-state index contributed by atoms with van der Waals surface area (Å²) < 4.78 is 0. The molecule has 0 aromatic heterocycles. The van der Waals surface area contributed by atoms with Crippen molar-refractivity contribution in [2.45, 2.75) is 27.2 Å². The molecule has 0 saturated carbocycles. The van der Waals surface area contributed by atoms with E-state index in [2.05, 4.69) is 12.2 Å². The first-order valence-electron chi connectivity index (χ1n) is 5.65. The standard InChI is InChI=1S/C13H18N2OS/c1-4-10-5-6-11(7-8(10)2)15-13(16)9(3)12(14)17/h5-7,9H,4H2,1-3H3,(H2,14,17)(H,15,16). The van der Waals surface area contributed by atoms with Crippen LogP contribution in [0.1, 0.15) is 25.0 Å². The molecule has 3 N–H and O–H groups in total. The maximum atomic E-state index is 11.7. The van der Waals surface area contributed by atoms with E-state index in [4.69, 9.17) is 18.0 Å². The number of hydrogen-bond donors (Lipinski definition) is 2. The maximum absolute atomic E-state index is 11.7. The minimum Gasteiger partial charge on any atom is -0.393 e. The monoisotopic (exact) mass is 250 g/mol. The van der Waals surface area contributed by atoms with E-state index in [1.807, 2.05) is 25.1 Å². The van der Waals surface area contributed by atoms with Gasteiger partial charge in [-0.2, -0.15) is 0 Å². The van der Waals surface area contributed by atoms with Crippen molar-refractivity contribution in [3.8, 4) is 0 Å². The summed E-state index contributed by atoms with van der Waals surface area (Å²) >= 11 is 4.79. The van der Waals surface area contributed by atoms with E-state index < -0.39 is 5.92 Å². The number of hydrogen-bond acceptors (Lipinski definition) is 2. The number of aryl methyl sites for hydroxylation is 2. The van der Waals surface area contributed by atoms with Crippen molar-refractivity contribution in [3.05, 3.63) is 29.3 Å². The molecule has 1 aromatic rings. The molecule has 0 fully saturated rings. The van der Waals surface area contributed by atoms with Gasteiger partial charge in [0.05, 0.1) is 10.9 Å². The van der Waals surface area contributed by atoms with Crippen LogP contribution in [0, 0.1) is 12.8 Å². The van der Waals surface area contributed by atoms with E-state index in [-0.39, 0.29) is 10.9 Å². The molecule has 0 heterocycles. The number of nitrogens with two attached hydrogens (primary N) is 1. The Balaban J connectivity index is 2.79. The lowest BCUT2D eigenvalue weighted by Crippen LogP contribution is -2.30. The zero-order chi connectivity index (χ0) is 13.0. The Hall–Kier alpha value is -1.42. The van der Waals surface area contributed by atoms with Gasteiger partial charge in [-0.05, 0) is 43.5 Å². The van der Waals surface area contributed by atoms with Crippen LogP contribution in [0.5, 0.6) is 0 Å². The van der Waals surface area contributed by atoms with Crippen molar-refractivity contribution in [1.29, 1.82) is 0 Å². The molecule has 1 unspecified atom stereocenters. The molecule has 0 radical (unpaired) electrons. The summed E-state index contributed by atoms with van der Waals surface area (Å²) in [7, 11) is 0. The molecule has 1 rings (SSSR count). The lowest BCUT2D eigenvalue weighted by molar-refractivity contribution is -0.117. The summed E-state index contributed by atoms with van der Waals surface area (Å²) in [6.45, 7) is 5.84. The summed E-state index contributed by atoms with van der Waals surface area (Å²) in [5.74, 6) is -0.614. The second-order valence-corrected chi connectivity index (χ2v) is 4.58. The average molecular weight is 250 g/mol. The number of benzene rings is 1. The molecule has 3 nitrogen and oxygen atoms in total. The largest absolute Gasteiger partial charge is 0.393 e. The van der Waals surface area contributed by atoms with Crippen LogP contribution in [0.15, 0.2) is 18.2 Å². The zero-order valence-electron chi connectivity index (χ0n) is 10.4. The highest BCUT2D eigenvalue weighted by Crippen LogP contribution is 2.16. The van der Waals surface area contributed by atoms with E-state index in [0.717, 1.165) is 12.1 Å². The lowest BCUT2D eigenvalue weighted by atomic mass is 10.1. The molecule has 92 valence electrons. The second-order valence-electron chi connectivity index (χ2n) is 4.11. The van der Waals surface area contributed by atoms with Gasteiger partial charge in [0.1, 0.15) is 0 Å². The quantitative estimate of drug-likeness (QED) is 0.807. The van der Waals surface area contributed by atoms with Crippen LogP contribution in [-0.4, -0.2) is 10.9 Å². The minimum atomic E-state index is -0.448. The van der Waals surface area contributed by atoms with Crippen molar-refractivity contribution in [2.75, 3.05) is 5.32 Å². The first-order chi connectivity index (χ1) is 7.95. The van der Waals surface area contributed by atoms with Crippen molar-refractivity contribution in [2.24, 2.45) is 11.7 Å². The number of anilines is 1. The average Bonchev–Trinajstić information content (AvgIpc) is 2.28. The fourth-order valence-corrected chi connectivity index (χ4v) is 1.66. The third kappa shape index (κ3) is 3.53. The molecule has 0 saturated heterocycles. The number of carbonyl (C=O) groups is 1. The van der Waals surface area contributed by atoms with Gasteiger partial charge in [-0.1, -0.05) is 25.2 Å². The highest BCUT2D eigenvalue weighted by atomic mass is 32.1. The van der Waals surface area contributed by atoms with E-state index in [9.17, 15) is 4.79 Å². The van der Waals surface area contributed by atoms with Gasteiger partial charge in [0.2, 0.25) is 5.91 Å². The SMILES string of the molecule is CCc1ccc(NC(=O)C(C)C(N)=S)cc1C. The molecule has 17 heavy (non-hydrogen) atoms. The van der Waals surface area contributed by atoms with Gasteiger partial charge in [0.25, 0.3) is 0 Å².